The lowest BCUT2D eigenvalue weighted by Gasteiger charge is -2.15. The van der Waals surface area contributed by atoms with Gasteiger partial charge in [-0.25, -0.2) is 9.59 Å². The lowest BCUT2D eigenvalue weighted by atomic mass is 10.1. The van der Waals surface area contributed by atoms with Crippen LogP contribution in [-0.2, 0) is 9.53 Å². The third-order valence-corrected chi connectivity index (χ3v) is 3.35. The second-order valence-corrected chi connectivity index (χ2v) is 4.74. The number of hydrogen-bond acceptors (Lipinski definition) is 3. The van der Waals surface area contributed by atoms with E-state index < -0.39 is 18.1 Å². The summed E-state index contributed by atoms with van der Waals surface area (Å²) in [5.74, 6) is -1.21. The van der Waals surface area contributed by atoms with Gasteiger partial charge in [-0.05, 0) is 33.6 Å². The smallest absolute Gasteiger partial charge is 0.408 e. The molecule has 0 radical (unpaired) electrons. The van der Waals surface area contributed by atoms with E-state index in [4.69, 9.17) is 16.7 Å². The standard InChI is InChI=1S/C12H11BrClNO4/c1-2-5-19-12(18)15-10(11(16)17)7-3-4-8(13)9(14)6-7/h2-4,6,10H,1,5H2,(H,15,18)(H,16,17). The van der Waals surface area contributed by atoms with Crippen molar-refractivity contribution in [2.24, 2.45) is 0 Å². The molecular formula is C12H11BrClNO4. The van der Waals surface area contributed by atoms with Gasteiger partial charge in [-0.2, -0.15) is 0 Å². The van der Waals surface area contributed by atoms with E-state index in [2.05, 4.69) is 32.6 Å². The molecule has 0 aliphatic rings. The molecule has 0 bridgehead atoms. The van der Waals surface area contributed by atoms with Gasteiger partial charge in [0.15, 0.2) is 6.04 Å². The normalized spacial score (nSPS) is 11.5. The van der Waals surface area contributed by atoms with Crippen molar-refractivity contribution in [3.05, 3.63) is 45.9 Å². The fourth-order valence-corrected chi connectivity index (χ4v) is 1.71. The minimum Gasteiger partial charge on any atom is -0.479 e. The van der Waals surface area contributed by atoms with Gasteiger partial charge < -0.3 is 15.2 Å². The summed E-state index contributed by atoms with van der Waals surface area (Å²) < 4.78 is 5.31. The Balaban J connectivity index is 2.88. The van der Waals surface area contributed by atoms with E-state index in [9.17, 15) is 9.59 Å². The first-order valence-electron chi connectivity index (χ1n) is 5.17. The number of nitrogens with one attached hydrogen (secondary N) is 1. The van der Waals surface area contributed by atoms with Crippen LogP contribution in [0.1, 0.15) is 11.6 Å². The summed E-state index contributed by atoms with van der Waals surface area (Å²) in [6.45, 7) is 3.38. The maximum absolute atomic E-state index is 11.4. The number of carbonyl (C=O) groups is 2. The Bertz CT molecular complexity index is 507. The van der Waals surface area contributed by atoms with Crippen LogP contribution in [0, 0.1) is 0 Å². The molecule has 1 amide bonds. The Morgan fingerprint density at radius 2 is 2.26 bits per heavy atom. The van der Waals surface area contributed by atoms with E-state index in [1.807, 2.05) is 0 Å². The van der Waals surface area contributed by atoms with Crippen LogP contribution in [0.25, 0.3) is 0 Å². The topological polar surface area (TPSA) is 75.6 Å². The maximum Gasteiger partial charge on any atom is 0.408 e. The van der Waals surface area contributed by atoms with Crippen molar-refractivity contribution >= 4 is 39.6 Å². The van der Waals surface area contributed by atoms with Crippen molar-refractivity contribution in [3.63, 3.8) is 0 Å². The van der Waals surface area contributed by atoms with Crippen molar-refractivity contribution in [3.8, 4) is 0 Å². The molecule has 1 aromatic rings. The number of rotatable bonds is 5. The molecule has 1 unspecified atom stereocenters. The summed E-state index contributed by atoms with van der Waals surface area (Å²) in [4.78, 5) is 22.5. The van der Waals surface area contributed by atoms with E-state index in [0.717, 1.165) is 0 Å². The molecule has 2 N–H and O–H groups in total. The molecule has 0 saturated carbocycles. The first-order valence-corrected chi connectivity index (χ1v) is 6.34. The average Bonchev–Trinajstić information content (AvgIpc) is 2.36. The van der Waals surface area contributed by atoms with Crippen molar-refractivity contribution in [1.82, 2.24) is 5.32 Å². The highest BCUT2D eigenvalue weighted by Crippen LogP contribution is 2.26. The Kier molecular flexibility index (Phi) is 5.85. The molecule has 0 saturated heterocycles. The van der Waals surface area contributed by atoms with Crippen molar-refractivity contribution in [2.45, 2.75) is 6.04 Å². The van der Waals surface area contributed by atoms with Gasteiger partial charge in [-0.15, -0.1) is 0 Å². The van der Waals surface area contributed by atoms with Gasteiger partial charge in [0.05, 0.1) is 5.02 Å². The maximum atomic E-state index is 11.4. The van der Waals surface area contributed by atoms with Gasteiger partial charge in [-0.1, -0.05) is 30.3 Å². The number of alkyl carbamates (subject to hydrolysis) is 1. The number of amides is 1. The third-order valence-electron chi connectivity index (χ3n) is 2.12. The SMILES string of the molecule is C=CCOC(=O)NC(C(=O)O)c1ccc(Br)c(Cl)c1. The van der Waals surface area contributed by atoms with Gasteiger partial charge in [0, 0.05) is 4.47 Å². The molecule has 0 fully saturated rings. The molecule has 5 nitrogen and oxygen atoms in total. The summed E-state index contributed by atoms with van der Waals surface area (Å²) in [6.07, 6.45) is 0.539. The Morgan fingerprint density at radius 3 is 2.79 bits per heavy atom. The number of hydrogen-bond donors (Lipinski definition) is 2. The Morgan fingerprint density at radius 1 is 1.58 bits per heavy atom. The molecule has 0 spiro atoms. The molecule has 1 atom stereocenters. The zero-order valence-corrected chi connectivity index (χ0v) is 12.1. The lowest BCUT2D eigenvalue weighted by Crippen LogP contribution is -2.34. The van der Waals surface area contributed by atoms with Crippen molar-refractivity contribution < 1.29 is 19.4 Å². The number of halogens is 2. The molecule has 0 aliphatic carbocycles. The molecular weight excluding hydrogens is 337 g/mol. The van der Waals surface area contributed by atoms with Gasteiger partial charge in [0.1, 0.15) is 6.61 Å². The Labute approximate surface area is 123 Å². The van der Waals surface area contributed by atoms with E-state index >= 15 is 0 Å². The third kappa shape index (κ3) is 4.57. The highest BCUT2D eigenvalue weighted by molar-refractivity contribution is 9.10. The number of carbonyl (C=O) groups excluding carboxylic acids is 1. The largest absolute Gasteiger partial charge is 0.479 e. The van der Waals surface area contributed by atoms with Crippen LogP contribution < -0.4 is 5.32 Å². The molecule has 0 aliphatic heterocycles. The first kappa shape index (κ1) is 15.5. The predicted octanol–water partition coefficient (Wildman–Crippen LogP) is 3.14. The van der Waals surface area contributed by atoms with Crippen molar-refractivity contribution in [2.75, 3.05) is 6.61 Å². The summed E-state index contributed by atoms with van der Waals surface area (Å²) >= 11 is 9.08. The van der Waals surface area contributed by atoms with Gasteiger partial charge in [0.2, 0.25) is 0 Å². The van der Waals surface area contributed by atoms with Gasteiger partial charge in [0.25, 0.3) is 0 Å². The van der Waals surface area contributed by atoms with E-state index in [-0.39, 0.29) is 6.61 Å². The second kappa shape index (κ2) is 7.16. The van der Waals surface area contributed by atoms with Gasteiger partial charge >= 0.3 is 12.1 Å². The van der Waals surface area contributed by atoms with Crippen LogP contribution in [0.3, 0.4) is 0 Å². The minimum atomic E-state index is -1.23. The zero-order chi connectivity index (χ0) is 14.4. The van der Waals surface area contributed by atoms with Crippen LogP contribution >= 0.6 is 27.5 Å². The number of aliphatic carboxylic acids is 1. The van der Waals surface area contributed by atoms with Crippen molar-refractivity contribution in [1.29, 1.82) is 0 Å². The molecule has 0 heterocycles. The van der Waals surface area contributed by atoms with Crippen LogP contribution in [0.5, 0.6) is 0 Å². The molecule has 19 heavy (non-hydrogen) atoms. The quantitative estimate of drug-likeness (QED) is 0.802. The number of carboxylic acids is 1. The number of carboxylic acid groups (broad SMARTS) is 1. The molecule has 7 heteroatoms. The molecule has 102 valence electrons. The van der Waals surface area contributed by atoms with Crippen LogP contribution in [0.4, 0.5) is 4.79 Å². The average molecular weight is 349 g/mol. The molecule has 1 rings (SSSR count). The number of ether oxygens (including phenoxy) is 1. The summed E-state index contributed by atoms with van der Waals surface area (Å²) in [6, 6.07) is 3.37. The molecule has 0 aromatic heterocycles. The van der Waals surface area contributed by atoms with Gasteiger partial charge in [-0.3, -0.25) is 0 Å². The fraction of sp³-hybridized carbons (Fsp3) is 0.167. The summed E-state index contributed by atoms with van der Waals surface area (Å²) in [5.41, 5.74) is 0.344. The Hall–Kier alpha value is -1.53. The lowest BCUT2D eigenvalue weighted by molar-refractivity contribution is -0.139. The molecule has 1 aromatic carbocycles. The highest BCUT2D eigenvalue weighted by Gasteiger charge is 2.23. The van der Waals surface area contributed by atoms with Crippen LogP contribution in [-0.4, -0.2) is 23.8 Å². The highest BCUT2D eigenvalue weighted by atomic mass is 79.9. The van der Waals surface area contributed by atoms with Crippen LogP contribution in [0.2, 0.25) is 5.02 Å². The van der Waals surface area contributed by atoms with E-state index in [1.165, 1.54) is 12.1 Å². The summed E-state index contributed by atoms with van der Waals surface area (Å²) in [7, 11) is 0. The number of benzene rings is 1. The van der Waals surface area contributed by atoms with E-state index in [1.54, 1.807) is 12.1 Å². The predicted molar refractivity (Wildman–Crippen MR) is 74.2 cm³/mol. The monoisotopic (exact) mass is 347 g/mol. The second-order valence-electron chi connectivity index (χ2n) is 3.48. The van der Waals surface area contributed by atoms with E-state index in [0.29, 0.717) is 15.1 Å². The first-order chi connectivity index (χ1) is 8.95. The minimum absolute atomic E-state index is 0.000728. The summed E-state index contributed by atoms with van der Waals surface area (Å²) in [5, 5.41) is 11.7. The zero-order valence-electron chi connectivity index (χ0n) is 9.73. The van der Waals surface area contributed by atoms with Crippen LogP contribution in [0.15, 0.2) is 35.3 Å². The fourth-order valence-electron chi connectivity index (χ4n) is 1.27.